The van der Waals surface area contributed by atoms with Crippen molar-refractivity contribution in [3.05, 3.63) is 0 Å². The number of amides is 1. The molecule has 0 unspecified atom stereocenters. The highest BCUT2D eigenvalue weighted by molar-refractivity contribution is 14.0. The Labute approximate surface area is 157 Å². The third-order valence-corrected chi connectivity index (χ3v) is 3.77. The molecular weight excluding hydrogens is 407 g/mol. The number of carbonyl (C=O) groups is 1. The summed E-state index contributed by atoms with van der Waals surface area (Å²) < 4.78 is 5.46. The summed E-state index contributed by atoms with van der Waals surface area (Å²) in [4.78, 5) is 20.4. The first-order chi connectivity index (χ1) is 10.3. The van der Waals surface area contributed by atoms with Gasteiger partial charge in [0.1, 0.15) is 5.60 Å². The highest BCUT2D eigenvalue weighted by Gasteiger charge is 2.26. The topological polar surface area (TPSA) is 71.2 Å². The monoisotopic (exact) mass is 440 g/mol. The van der Waals surface area contributed by atoms with Crippen LogP contribution in [0.25, 0.3) is 0 Å². The van der Waals surface area contributed by atoms with E-state index in [1.54, 1.807) is 4.90 Å². The maximum Gasteiger partial charge on any atom is 0.410 e. The molecule has 0 bridgehead atoms. The van der Waals surface area contributed by atoms with Crippen LogP contribution in [-0.4, -0.2) is 60.2 Å². The number of piperidine rings is 1. The molecule has 0 atom stereocenters. The van der Waals surface area contributed by atoms with Gasteiger partial charge in [-0.05, 0) is 53.4 Å². The number of nitrogens with zero attached hydrogens (tertiary/aromatic N) is 3. The number of aliphatic imine (C=N–C) groups is 1. The van der Waals surface area contributed by atoms with Gasteiger partial charge in [0.05, 0.1) is 0 Å². The number of rotatable bonds is 4. The molecule has 6 nitrogen and oxygen atoms in total. The van der Waals surface area contributed by atoms with Crippen LogP contribution < -0.4 is 5.73 Å². The Morgan fingerprint density at radius 2 is 1.87 bits per heavy atom. The average Bonchev–Trinajstić information content (AvgIpc) is 2.43. The number of carbonyl (C=O) groups excluding carboxylic acids is 1. The lowest BCUT2D eigenvalue weighted by Gasteiger charge is -2.35. The second-order valence-corrected chi connectivity index (χ2v) is 6.78. The summed E-state index contributed by atoms with van der Waals surface area (Å²) in [6.45, 7) is 13.6. The minimum absolute atomic E-state index is 0. The van der Waals surface area contributed by atoms with Crippen molar-refractivity contribution in [1.29, 1.82) is 0 Å². The van der Waals surface area contributed by atoms with Crippen molar-refractivity contribution in [3.8, 4) is 0 Å². The van der Waals surface area contributed by atoms with Gasteiger partial charge in [0.25, 0.3) is 0 Å². The van der Waals surface area contributed by atoms with E-state index < -0.39 is 5.60 Å². The number of ether oxygens (including phenoxy) is 1. The van der Waals surface area contributed by atoms with Crippen LogP contribution >= 0.6 is 24.0 Å². The molecule has 1 saturated heterocycles. The van der Waals surface area contributed by atoms with Crippen LogP contribution in [0.3, 0.4) is 0 Å². The maximum absolute atomic E-state index is 12.2. The van der Waals surface area contributed by atoms with E-state index in [4.69, 9.17) is 10.5 Å². The number of halogens is 1. The van der Waals surface area contributed by atoms with Gasteiger partial charge in [-0.15, -0.1) is 24.0 Å². The summed E-state index contributed by atoms with van der Waals surface area (Å²) in [6, 6.07) is 0. The van der Waals surface area contributed by atoms with Crippen LogP contribution in [0.4, 0.5) is 4.79 Å². The Morgan fingerprint density at radius 3 is 2.30 bits per heavy atom. The lowest BCUT2D eigenvalue weighted by Crippen LogP contribution is -2.46. The van der Waals surface area contributed by atoms with Crippen molar-refractivity contribution in [2.45, 2.75) is 53.1 Å². The van der Waals surface area contributed by atoms with Gasteiger partial charge in [-0.1, -0.05) is 0 Å². The molecule has 23 heavy (non-hydrogen) atoms. The molecule has 1 rings (SSSR count). The van der Waals surface area contributed by atoms with E-state index in [1.807, 2.05) is 34.6 Å². The summed E-state index contributed by atoms with van der Waals surface area (Å²) in [7, 11) is 0. The molecule has 0 aromatic heterocycles. The first-order valence-corrected chi connectivity index (χ1v) is 8.29. The van der Waals surface area contributed by atoms with Crippen molar-refractivity contribution in [2.75, 3.05) is 32.7 Å². The quantitative estimate of drug-likeness (QED) is 0.415. The van der Waals surface area contributed by atoms with E-state index >= 15 is 0 Å². The van der Waals surface area contributed by atoms with Crippen LogP contribution in [0.5, 0.6) is 0 Å². The van der Waals surface area contributed by atoms with Gasteiger partial charge in [0.2, 0.25) is 0 Å². The fourth-order valence-electron chi connectivity index (χ4n) is 2.58. The van der Waals surface area contributed by atoms with E-state index in [0.29, 0.717) is 25.0 Å². The van der Waals surface area contributed by atoms with Crippen LogP contribution in [-0.2, 0) is 4.74 Å². The van der Waals surface area contributed by atoms with E-state index in [-0.39, 0.29) is 30.1 Å². The summed E-state index contributed by atoms with van der Waals surface area (Å²) in [5, 5.41) is 0. The van der Waals surface area contributed by atoms with Gasteiger partial charge < -0.3 is 20.3 Å². The van der Waals surface area contributed by atoms with Gasteiger partial charge >= 0.3 is 6.09 Å². The van der Waals surface area contributed by atoms with Gasteiger partial charge in [-0.25, -0.2) is 4.79 Å². The number of hydrogen-bond donors (Lipinski definition) is 1. The zero-order chi connectivity index (χ0) is 16.8. The van der Waals surface area contributed by atoms with E-state index in [9.17, 15) is 4.79 Å². The molecule has 0 spiro atoms. The molecule has 1 aliphatic heterocycles. The molecule has 0 aromatic carbocycles. The van der Waals surface area contributed by atoms with Crippen LogP contribution in [0.15, 0.2) is 4.99 Å². The summed E-state index contributed by atoms with van der Waals surface area (Å²) in [6.07, 6.45) is 1.84. The molecule has 1 amide bonds. The highest BCUT2D eigenvalue weighted by atomic mass is 127. The second-order valence-electron chi connectivity index (χ2n) is 6.78. The van der Waals surface area contributed by atoms with Gasteiger partial charge in [0.15, 0.2) is 5.96 Å². The fraction of sp³-hybridized carbons (Fsp3) is 0.875. The molecule has 0 saturated carbocycles. The van der Waals surface area contributed by atoms with Crippen LogP contribution in [0, 0.1) is 5.92 Å². The molecule has 1 heterocycles. The first-order valence-electron chi connectivity index (χ1n) is 8.29. The molecule has 1 fully saturated rings. The Morgan fingerprint density at radius 1 is 1.30 bits per heavy atom. The predicted octanol–water partition coefficient (Wildman–Crippen LogP) is 2.91. The second kappa shape index (κ2) is 10.2. The summed E-state index contributed by atoms with van der Waals surface area (Å²) in [5.74, 6) is 1.14. The largest absolute Gasteiger partial charge is 0.444 e. The molecule has 1 aliphatic rings. The van der Waals surface area contributed by atoms with Gasteiger partial charge in [-0.2, -0.15) is 0 Å². The molecule has 0 radical (unpaired) electrons. The molecule has 2 N–H and O–H groups in total. The van der Waals surface area contributed by atoms with Crippen molar-refractivity contribution >= 4 is 36.0 Å². The highest BCUT2D eigenvalue weighted by Crippen LogP contribution is 2.19. The van der Waals surface area contributed by atoms with E-state index in [1.165, 1.54) is 0 Å². The maximum atomic E-state index is 12.2. The average molecular weight is 440 g/mol. The molecule has 7 heteroatoms. The summed E-state index contributed by atoms with van der Waals surface area (Å²) >= 11 is 0. The fourth-order valence-corrected chi connectivity index (χ4v) is 2.58. The Hall–Kier alpha value is -0.730. The number of guanidine groups is 1. The molecule has 0 aromatic rings. The van der Waals surface area contributed by atoms with Gasteiger partial charge in [-0.3, -0.25) is 4.99 Å². The Balaban J connectivity index is 0.00000484. The molecule has 0 aliphatic carbocycles. The van der Waals surface area contributed by atoms with Crippen molar-refractivity contribution in [2.24, 2.45) is 16.6 Å². The lowest BCUT2D eigenvalue weighted by molar-refractivity contribution is 0.0214. The smallest absolute Gasteiger partial charge is 0.410 e. The summed E-state index contributed by atoms with van der Waals surface area (Å²) in [5.41, 5.74) is 5.50. The van der Waals surface area contributed by atoms with Crippen LogP contribution in [0.1, 0.15) is 47.5 Å². The van der Waals surface area contributed by atoms with Crippen LogP contribution in [0.2, 0.25) is 0 Å². The zero-order valence-corrected chi connectivity index (χ0v) is 17.5. The van der Waals surface area contributed by atoms with E-state index in [0.717, 1.165) is 32.5 Å². The molecular formula is C16H33IN4O2. The standard InChI is InChI=1S/C16H32N4O2.HI/c1-6-18-14(17)20-10-8-13(9-11-20)12-19(7-2)15(21)22-16(3,4)5;/h13H,6-12H2,1-5H3,(H2,17,18);1H. The first kappa shape index (κ1) is 22.3. The number of hydrogen-bond acceptors (Lipinski definition) is 3. The van der Waals surface area contributed by atoms with Crippen molar-refractivity contribution < 1.29 is 9.53 Å². The lowest BCUT2D eigenvalue weighted by atomic mass is 9.96. The normalized spacial score (nSPS) is 16.7. The SMILES string of the molecule is CCN=C(N)N1CCC(CN(CC)C(=O)OC(C)(C)C)CC1.I. The Bertz CT molecular complexity index is 388. The number of nitrogens with two attached hydrogens (primary N) is 1. The van der Waals surface area contributed by atoms with E-state index in [2.05, 4.69) is 9.89 Å². The van der Waals surface area contributed by atoms with Crippen molar-refractivity contribution in [3.63, 3.8) is 0 Å². The third-order valence-electron chi connectivity index (χ3n) is 3.77. The van der Waals surface area contributed by atoms with Crippen molar-refractivity contribution in [1.82, 2.24) is 9.80 Å². The minimum atomic E-state index is -0.446. The number of likely N-dealkylation sites (tertiary alicyclic amines) is 1. The predicted molar refractivity (Wildman–Crippen MR) is 105 cm³/mol. The zero-order valence-electron chi connectivity index (χ0n) is 15.2. The Kier molecular flexibility index (Phi) is 9.88. The molecule has 136 valence electrons. The third kappa shape index (κ3) is 8.08. The minimum Gasteiger partial charge on any atom is -0.444 e. The van der Waals surface area contributed by atoms with Gasteiger partial charge in [0, 0.05) is 32.7 Å².